The van der Waals surface area contributed by atoms with Crippen LogP contribution >= 0.6 is 12.2 Å². The number of nitrogens with two attached hydrogens (primary N) is 1. The van der Waals surface area contributed by atoms with Gasteiger partial charge in [-0.2, -0.15) is 0 Å². The van der Waals surface area contributed by atoms with Gasteiger partial charge in [0.2, 0.25) is 0 Å². The summed E-state index contributed by atoms with van der Waals surface area (Å²) in [4.78, 5) is 0.549. The molecule has 0 bridgehead atoms. The van der Waals surface area contributed by atoms with Crippen molar-refractivity contribution in [2.24, 2.45) is 5.73 Å². The van der Waals surface area contributed by atoms with Crippen molar-refractivity contribution in [1.29, 1.82) is 0 Å². The van der Waals surface area contributed by atoms with E-state index in [0.29, 0.717) is 4.99 Å². The van der Waals surface area contributed by atoms with Crippen molar-refractivity contribution in [2.75, 3.05) is 11.9 Å². The Morgan fingerprint density at radius 2 is 1.88 bits per heavy atom. The Bertz CT molecular complexity index is 503. The van der Waals surface area contributed by atoms with Crippen LogP contribution in [0.2, 0.25) is 0 Å². The minimum atomic E-state index is 0.549. The van der Waals surface area contributed by atoms with E-state index in [9.17, 15) is 0 Å². The second-order valence-corrected chi connectivity index (χ2v) is 4.19. The molecule has 3 heteroatoms. The van der Waals surface area contributed by atoms with Crippen LogP contribution in [0.25, 0.3) is 10.8 Å². The predicted octanol–water partition coefficient (Wildman–Crippen LogP) is 2.93. The SMILES string of the molecule is NC(=S)CCNc1cccc2ccccc12. The maximum absolute atomic E-state index is 5.46. The highest BCUT2D eigenvalue weighted by Crippen LogP contribution is 2.22. The summed E-state index contributed by atoms with van der Waals surface area (Å²) >= 11 is 4.84. The zero-order chi connectivity index (χ0) is 11.4. The minimum absolute atomic E-state index is 0.549. The summed E-state index contributed by atoms with van der Waals surface area (Å²) in [6.07, 6.45) is 0.721. The van der Waals surface area contributed by atoms with Crippen molar-refractivity contribution in [3.8, 4) is 0 Å². The van der Waals surface area contributed by atoms with Gasteiger partial charge in [0.15, 0.2) is 0 Å². The summed E-state index contributed by atoms with van der Waals surface area (Å²) in [6.45, 7) is 0.781. The van der Waals surface area contributed by atoms with Gasteiger partial charge >= 0.3 is 0 Å². The zero-order valence-electron chi connectivity index (χ0n) is 8.94. The summed E-state index contributed by atoms with van der Waals surface area (Å²) < 4.78 is 0. The molecule has 0 saturated carbocycles. The van der Waals surface area contributed by atoms with E-state index in [2.05, 4.69) is 29.6 Å². The molecule has 2 nitrogen and oxygen atoms in total. The molecule has 0 aliphatic rings. The Labute approximate surface area is 100 Å². The minimum Gasteiger partial charge on any atom is -0.393 e. The molecule has 82 valence electrons. The zero-order valence-corrected chi connectivity index (χ0v) is 9.76. The van der Waals surface area contributed by atoms with Crippen LogP contribution in [0.5, 0.6) is 0 Å². The Morgan fingerprint density at radius 1 is 1.12 bits per heavy atom. The maximum atomic E-state index is 5.46. The fraction of sp³-hybridized carbons (Fsp3) is 0.154. The van der Waals surface area contributed by atoms with Crippen LogP contribution in [0, 0.1) is 0 Å². The molecule has 0 aliphatic carbocycles. The number of hydrogen-bond acceptors (Lipinski definition) is 2. The van der Waals surface area contributed by atoms with Crippen LogP contribution in [0.15, 0.2) is 42.5 Å². The molecule has 0 fully saturated rings. The number of fused-ring (bicyclic) bond motifs is 1. The molecule has 0 atom stereocenters. The van der Waals surface area contributed by atoms with Crippen LogP contribution in [0.1, 0.15) is 6.42 Å². The van der Waals surface area contributed by atoms with E-state index >= 15 is 0 Å². The van der Waals surface area contributed by atoms with E-state index < -0.39 is 0 Å². The molecule has 0 aromatic heterocycles. The van der Waals surface area contributed by atoms with Crippen molar-refractivity contribution in [2.45, 2.75) is 6.42 Å². The average molecular weight is 230 g/mol. The van der Waals surface area contributed by atoms with Gasteiger partial charge in [-0.3, -0.25) is 0 Å². The molecule has 0 radical (unpaired) electrons. The fourth-order valence-corrected chi connectivity index (χ4v) is 1.80. The largest absolute Gasteiger partial charge is 0.393 e. The third-order valence-corrected chi connectivity index (χ3v) is 2.68. The number of anilines is 1. The van der Waals surface area contributed by atoms with E-state index in [1.54, 1.807) is 0 Å². The molecule has 0 saturated heterocycles. The lowest BCUT2D eigenvalue weighted by atomic mass is 10.1. The quantitative estimate of drug-likeness (QED) is 0.793. The topological polar surface area (TPSA) is 38.0 Å². The lowest BCUT2D eigenvalue weighted by Crippen LogP contribution is -2.13. The van der Waals surface area contributed by atoms with E-state index in [0.717, 1.165) is 18.7 Å². The molecule has 0 heterocycles. The Hall–Kier alpha value is -1.61. The second kappa shape index (κ2) is 4.94. The Kier molecular flexibility index (Phi) is 3.37. The molecular weight excluding hydrogens is 216 g/mol. The van der Waals surface area contributed by atoms with E-state index in [4.69, 9.17) is 18.0 Å². The average Bonchev–Trinajstić information content (AvgIpc) is 2.29. The normalized spacial score (nSPS) is 10.2. The van der Waals surface area contributed by atoms with Crippen molar-refractivity contribution in [1.82, 2.24) is 0 Å². The van der Waals surface area contributed by atoms with Gasteiger partial charge in [-0.1, -0.05) is 48.6 Å². The second-order valence-electron chi connectivity index (χ2n) is 3.67. The van der Waals surface area contributed by atoms with Crippen LogP contribution < -0.4 is 11.1 Å². The number of hydrogen-bond donors (Lipinski definition) is 2. The van der Waals surface area contributed by atoms with Gasteiger partial charge in [0.05, 0.1) is 4.99 Å². The molecule has 2 aromatic carbocycles. The van der Waals surface area contributed by atoms with Gasteiger partial charge < -0.3 is 11.1 Å². The lowest BCUT2D eigenvalue weighted by Gasteiger charge is -2.09. The number of nitrogens with one attached hydrogen (secondary N) is 1. The number of benzene rings is 2. The predicted molar refractivity (Wildman–Crippen MR) is 73.8 cm³/mol. The van der Waals surface area contributed by atoms with Crippen LogP contribution in [-0.4, -0.2) is 11.5 Å². The van der Waals surface area contributed by atoms with Gasteiger partial charge in [0, 0.05) is 24.0 Å². The first kappa shape index (κ1) is 10.9. The standard InChI is InChI=1S/C13H14N2S/c14-13(16)8-9-15-12-7-3-5-10-4-1-2-6-11(10)12/h1-7,15H,8-9H2,(H2,14,16). The van der Waals surface area contributed by atoms with E-state index in [1.165, 1.54) is 10.8 Å². The van der Waals surface area contributed by atoms with Crippen molar-refractivity contribution < 1.29 is 0 Å². The highest BCUT2D eigenvalue weighted by atomic mass is 32.1. The molecule has 0 unspecified atom stereocenters. The summed E-state index contributed by atoms with van der Waals surface area (Å²) in [5, 5.41) is 5.82. The van der Waals surface area contributed by atoms with Crippen LogP contribution in [0.4, 0.5) is 5.69 Å². The number of rotatable bonds is 4. The summed E-state index contributed by atoms with van der Waals surface area (Å²) in [6, 6.07) is 14.5. The summed E-state index contributed by atoms with van der Waals surface area (Å²) in [5.41, 5.74) is 6.59. The fourth-order valence-electron chi connectivity index (χ4n) is 1.70. The van der Waals surface area contributed by atoms with E-state index in [1.807, 2.05) is 18.2 Å². The molecule has 16 heavy (non-hydrogen) atoms. The molecule has 0 aliphatic heterocycles. The van der Waals surface area contributed by atoms with Gasteiger partial charge in [-0.15, -0.1) is 0 Å². The molecule has 2 rings (SSSR count). The smallest absolute Gasteiger partial charge is 0.0745 e. The first-order valence-electron chi connectivity index (χ1n) is 5.27. The Balaban J connectivity index is 2.20. The molecule has 3 N–H and O–H groups in total. The third kappa shape index (κ3) is 2.49. The third-order valence-electron chi connectivity index (χ3n) is 2.48. The van der Waals surface area contributed by atoms with Crippen LogP contribution in [-0.2, 0) is 0 Å². The molecular formula is C13H14N2S. The van der Waals surface area contributed by atoms with Gasteiger partial charge in [-0.05, 0) is 11.5 Å². The molecule has 0 amide bonds. The van der Waals surface area contributed by atoms with Gasteiger partial charge in [0.1, 0.15) is 0 Å². The van der Waals surface area contributed by atoms with E-state index in [-0.39, 0.29) is 0 Å². The highest BCUT2D eigenvalue weighted by molar-refractivity contribution is 7.80. The first-order chi connectivity index (χ1) is 7.77. The van der Waals surface area contributed by atoms with Gasteiger partial charge in [-0.25, -0.2) is 0 Å². The van der Waals surface area contributed by atoms with Gasteiger partial charge in [0.25, 0.3) is 0 Å². The lowest BCUT2D eigenvalue weighted by molar-refractivity contribution is 1.11. The molecule has 2 aromatic rings. The number of thiocarbonyl (C=S) groups is 1. The highest BCUT2D eigenvalue weighted by Gasteiger charge is 1.98. The van der Waals surface area contributed by atoms with Crippen molar-refractivity contribution in [3.63, 3.8) is 0 Å². The van der Waals surface area contributed by atoms with Crippen molar-refractivity contribution >= 4 is 33.7 Å². The summed E-state index contributed by atoms with van der Waals surface area (Å²) in [7, 11) is 0. The summed E-state index contributed by atoms with van der Waals surface area (Å²) in [5.74, 6) is 0. The van der Waals surface area contributed by atoms with Crippen molar-refractivity contribution in [3.05, 3.63) is 42.5 Å². The first-order valence-corrected chi connectivity index (χ1v) is 5.68. The Morgan fingerprint density at radius 3 is 2.69 bits per heavy atom. The molecule has 0 spiro atoms. The van der Waals surface area contributed by atoms with Crippen LogP contribution in [0.3, 0.4) is 0 Å². The maximum Gasteiger partial charge on any atom is 0.0745 e. The monoisotopic (exact) mass is 230 g/mol.